The Bertz CT molecular complexity index is 2270. The summed E-state index contributed by atoms with van der Waals surface area (Å²) in [6.45, 7) is 12.3. The summed E-state index contributed by atoms with van der Waals surface area (Å²) in [7, 11) is 4.98. The standard InChI is InChI=1S/C51H64F5N5O5/c1-10-34-24-42-43(57-48(65-29-37-25-36(52)28-59(37)7)58-47(42)61-20-19-60(27-31(61)3)49(62)66-50(4,5)6)26-40(34)44-45(51(54,55)56)30(2)21-41(46(44)53)35(22-32-11-15-38(63-8)16-12-32)23-33-13-17-39(64-9)18-14-33/h11-18,21,31,34-37,40H,10,19-20,22-29H2,1-9H3/t31-,34?,36+,37-,40?/m0/s1. The van der Waals surface area contributed by atoms with Crippen LogP contribution in [0.2, 0.25) is 0 Å². The second kappa shape index (κ2) is 20.0. The number of rotatable bonds is 13. The van der Waals surface area contributed by atoms with E-state index in [0.717, 1.165) is 16.7 Å². The van der Waals surface area contributed by atoms with Gasteiger partial charge < -0.3 is 28.7 Å². The summed E-state index contributed by atoms with van der Waals surface area (Å²) in [5, 5.41) is 0. The lowest BCUT2D eigenvalue weighted by molar-refractivity contribution is -0.139. The molecule has 2 fully saturated rings. The number of likely N-dealkylation sites (tertiary alicyclic amines) is 1. The van der Waals surface area contributed by atoms with Crippen LogP contribution in [0.1, 0.15) is 104 Å². The molecule has 7 rings (SSSR count). The highest BCUT2D eigenvalue weighted by Crippen LogP contribution is 2.49. The van der Waals surface area contributed by atoms with Crippen molar-refractivity contribution in [3.05, 3.63) is 105 Å². The number of nitrogens with zero attached hydrogens (tertiary/aromatic N) is 5. The zero-order chi connectivity index (χ0) is 47.7. The van der Waals surface area contributed by atoms with E-state index in [9.17, 15) is 9.18 Å². The molecule has 2 aliphatic heterocycles. The van der Waals surface area contributed by atoms with Gasteiger partial charge in [-0.2, -0.15) is 23.1 Å². The molecule has 0 bridgehead atoms. The summed E-state index contributed by atoms with van der Waals surface area (Å²) in [5.41, 5.74) is 1.23. The average Bonchev–Trinajstić information content (AvgIpc) is 3.60. The van der Waals surface area contributed by atoms with Gasteiger partial charge in [-0.25, -0.2) is 13.6 Å². The third-order valence-corrected chi connectivity index (χ3v) is 13.5. The Morgan fingerprint density at radius 1 is 0.909 bits per heavy atom. The van der Waals surface area contributed by atoms with Crippen LogP contribution in [0.4, 0.5) is 32.6 Å². The highest BCUT2D eigenvalue weighted by atomic mass is 19.4. The SMILES string of the molecule is CCC1Cc2c(nc(OC[C@@H]3C[C@@H](F)CN3C)nc2N2CCN(C(=O)OC(C)(C)C)C[C@@H]2C)CC1c1c(F)c(C(Cc2ccc(OC)cc2)Cc2ccc(OC)cc2)cc(C)c1C(F)(F)F. The van der Waals surface area contributed by atoms with Gasteiger partial charge in [0.2, 0.25) is 0 Å². The summed E-state index contributed by atoms with van der Waals surface area (Å²) in [6.07, 6.45) is -4.51. The zero-order valence-electron chi connectivity index (χ0n) is 39.6. The molecule has 0 spiro atoms. The van der Waals surface area contributed by atoms with E-state index in [1.54, 1.807) is 19.1 Å². The van der Waals surface area contributed by atoms with Gasteiger partial charge in [0.25, 0.3) is 0 Å². The Hall–Kier alpha value is -5.18. The van der Waals surface area contributed by atoms with Crippen LogP contribution in [-0.2, 0) is 36.6 Å². The molecule has 3 heterocycles. The van der Waals surface area contributed by atoms with Gasteiger partial charge in [0, 0.05) is 49.4 Å². The second-order valence-electron chi connectivity index (χ2n) is 19.3. The first-order valence-corrected chi connectivity index (χ1v) is 23.0. The van der Waals surface area contributed by atoms with E-state index >= 15 is 17.6 Å². The van der Waals surface area contributed by atoms with Gasteiger partial charge in [-0.15, -0.1) is 0 Å². The van der Waals surface area contributed by atoms with Crippen LogP contribution < -0.4 is 19.1 Å². The van der Waals surface area contributed by atoms with Crippen molar-refractivity contribution in [2.75, 3.05) is 59.0 Å². The number of aromatic nitrogens is 2. The molecule has 15 heteroatoms. The summed E-state index contributed by atoms with van der Waals surface area (Å²) in [5.74, 6) is -0.804. The lowest BCUT2D eigenvalue weighted by Gasteiger charge is -2.43. The molecular weight excluding hydrogens is 858 g/mol. The Kier molecular flexibility index (Phi) is 14.7. The number of likely N-dealkylation sites (N-methyl/N-ethyl adjacent to an activating group) is 1. The molecule has 4 aromatic rings. The number of alkyl halides is 4. The maximum Gasteiger partial charge on any atom is 0.417 e. The third kappa shape index (κ3) is 11.0. The van der Waals surface area contributed by atoms with Crippen molar-refractivity contribution in [2.24, 2.45) is 5.92 Å². The van der Waals surface area contributed by atoms with Crippen LogP contribution in [0, 0.1) is 18.7 Å². The van der Waals surface area contributed by atoms with E-state index in [2.05, 4.69) is 4.90 Å². The number of carbonyl (C=O) groups is 1. The third-order valence-electron chi connectivity index (χ3n) is 13.5. The number of anilines is 1. The van der Waals surface area contributed by atoms with E-state index in [1.165, 1.54) is 13.0 Å². The van der Waals surface area contributed by atoms with E-state index in [0.29, 0.717) is 68.3 Å². The minimum absolute atomic E-state index is 0.00633. The molecule has 5 atom stereocenters. The van der Waals surface area contributed by atoms with Gasteiger partial charge in [0.05, 0.1) is 25.5 Å². The molecule has 0 N–H and O–H groups in total. The first-order chi connectivity index (χ1) is 31.3. The maximum atomic E-state index is 18.0. The van der Waals surface area contributed by atoms with Crippen molar-refractivity contribution in [3.8, 4) is 17.5 Å². The molecule has 66 heavy (non-hydrogen) atoms. The molecule has 3 aromatic carbocycles. The fourth-order valence-electron chi connectivity index (χ4n) is 10.1. The Labute approximate surface area is 385 Å². The Morgan fingerprint density at radius 2 is 1.53 bits per heavy atom. The van der Waals surface area contributed by atoms with Crippen molar-refractivity contribution >= 4 is 11.9 Å². The molecule has 2 unspecified atom stereocenters. The highest BCUT2D eigenvalue weighted by Gasteiger charge is 2.45. The molecule has 10 nitrogen and oxygen atoms in total. The van der Waals surface area contributed by atoms with Crippen molar-refractivity contribution in [2.45, 2.75) is 122 Å². The number of methoxy groups -OCH3 is 2. The minimum atomic E-state index is -4.85. The predicted molar refractivity (Wildman–Crippen MR) is 244 cm³/mol. The second-order valence-corrected chi connectivity index (χ2v) is 19.3. The van der Waals surface area contributed by atoms with Crippen LogP contribution in [-0.4, -0.2) is 104 Å². The maximum absolute atomic E-state index is 18.0. The quantitative estimate of drug-likeness (QED) is 0.122. The Balaban J connectivity index is 1.31. The number of fused-ring (bicyclic) bond motifs is 1. The van der Waals surface area contributed by atoms with Gasteiger partial charge in [-0.05, 0) is 138 Å². The molecule has 1 aromatic heterocycles. The van der Waals surface area contributed by atoms with Gasteiger partial charge in [0.1, 0.15) is 41.5 Å². The van der Waals surface area contributed by atoms with E-state index in [1.807, 2.05) is 95.1 Å². The summed E-state index contributed by atoms with van der Waals surface area (Å²) in [4.78, 5) is 28.6. The van der Waals surface area contributed by atoms with E-state index in [-0.39, 0.29) is 60.8 Å². The number of amides is 1. The molecule has 0 radical (unpaired) electrons. The molecule has 1 amide bonds. The van der Waals surface area contributed by atoms with Crippen LogP contribution in [0.3, 0.4) is 0 Å². The summed E-state index contributed by atoms with van der Waals surface area (Å²) < 4.78 is 102. The number of carbonyl (C=O) groups excluding carboxylic acids is 1. The number of aryl methyl sites for hydroxylation is 1. The van der Waals surface area contributed by atoms with Gasteiger partial charge >= 0.3 is 18.3 Å². The first-order valence-electron chi connectivity index (χ1n) is 23.0. The molecule has 358 valence electrons. The van der Waals surface area contributed by atoms with Crippen LogP contribution >= 0.6 is 0 Å². The smallest absolute Gasteiger partial charge is 0.417 e. The fourth-order valence-corrected chi connectivity index (χ4v) is 10.1. The molecular formula is C51H64F5N5O5. The predicted octanol–water partition coefficient (Wildman–Crippen LogP) is 10.3. The number of hydrogen-bond donors (Lipinski definition) is 0. The monoisotopic (exact) mass is 921 g/mol. The van der Waals surface area contributed by atoms with Gasteiger partial charge in [-0.3, -0.25) is 4.90 Å². The van der Waals surface area contributed by atoms with Crippen LogP contribution in [0.15, 0.2) is 54.6 Å². The fraction of sp³-hybridized carbons (Fsp3) is 0.549. The van der Waals surface area contributed by atoms with E-state index in [4.69, 9.17) is 28.9 Å². The lowest BCUT2D eigenvalue weighted by atomic mass is 9.70. The Morgan fingerprint density at radius 3 is 2.05 bits per heavy atom. The summed E-state index contributed by atoms with van der Waals surface area (Å²) in [6, 6.07) is 15.9. The average molecular weight is 922 g/mol. The van der Waals surface area contributed by atoms with E-state index < -0.39 is 53.2 Å². The molecule has 1 aliphatic carbocycles. The molecule has 3 aliphatic rings. The summed E-state index contributed by atoms with van der Waals surface area (Å²) >= 11 is 0. The van der Waals surface area contributed by atoms with Crippen molar-refractivity contribution in [3.63, 3.8) is 0 Å². The minimum Gasteiger partial charge on any atom is -0.497 e. The van der Waals surface area contributed by atoms with Crippen LogP contribution in [0.5, 0.6) is 17.5 Å². The topological polar surface area (TPSA) is 89.5 Å². The first kappa shape index (κ1) is 48.7. The normalized spacial score (nSPS) is 21.5. The number of ether oxygens (including phenoxy) is 4. The van der Waals surface area contributed by atoms with Crippen molar-refractivity contribution < 1.29 is 45.7 Å². The van der Waals surface area contributed by atoms with Crippen LogP contribution in [0.25, 0.3) is 0 Å². The van der Waals surface area contributed by atoms with Crippen molar-refractivity contribution in [1.29, 1.82) is 0 Å². The van der Waals surface area contributed by atoms with Gasteiger partial charge in [-0.1, -0.05) is 43.7 Å². The number of hydrogen-bond acceptors (Lipinski definition) is 9. The molecule has 2 saturated heterocycles. The number of benzene rings is 3. The molecule has 0 saturated carbocycles. The number of piperazine rings is 1. The van der Waals surface area contributed by atoms with Crippen molar-refractivity contribution in [1.82, 2.24) is 19.8 Å². The number of halogens is 5. The highest BCUT2D eigenvalue weighted by molar-refractivity contribution is 5.69. The largest absolute Gasteiger partial charge is 0.497 e. The lowest BCUT2D eigenvalue weighted by Crippen LogP contribution is -2.55. The van der Waals surface area contributed by atoms with Gasteiger partial charge in [0.15, 0.2) is 0 Å². The zero-order valence-corrected chi connectivity index (χ0v) is 39.6.